The summed E-state index contributed by atoms with van der Waals surface area (Å²) in [5.41, 5.74) is 5.52. The van der Waals surface area contributed by atoms with Crippen LogP contribution in [0.2, 0.25) is 0 Å². The topological polar surface area (TPSA) is 65.1 Å². The highest BCUT2D eigenvalue weighted by atomic mass is 35.5. The first kappa shape index (κ1) is 33.3. The zero-order valence-corrected chi connectivity index (χ0v) is 27.1. The maximum Gasteiger partial charge on any atom is 0.409 e. The van der Waals surface area contributed by atoms with Gasteiger partial charge in [-0.25, -0.2) is 4.79 Å². The number of amides is 1. The van der Waals surface area contributed by atoms with Gasteiger partial charge in [-0.2, -0.15) is 0 Å². The number of esters is 1. The van der Waals surface area contributed by atoms with Crippen LogP contribution in [0.15, 0.2) is 109 Å². The number of hydrogen-bond acceptors (Lipinski definition) is 5. The molecule has 0 aliphatic heterocycles. The fourth-order valence-corrected chi connectivity index (χ4v) is 4.74. The third-order valence-electron chi connectivity index (χ3n) is 7.09. The van der Waals surface area contributed by atoms with Crippen LogP contribution in [0.1, 0.15) is 49.4 Å². The third kappa shape index (κ3) is 9.72. The second kappa shape index (κ2) is 16.0. The standard InChI is InChI=1S/C38H40ClNO5/c1-38(2,3)36(41)45-33-21-17-31(18-22-33)35(34(23-24-39)29-13-9-6-10-14-29)30-15-19-32(20-16-30)43-26-25-40(4)37(42)44-27-28-11-7-5-8-12-28/h5-22H,23-27H2,1-4H3/b35-34+. The van der Waals surface area contributed by atoms with E-state index in [9.17, 15) is 9.59 Å². The van der Waals surface area contributed by atoms with Gasteiger partial charge in [-0.05, 0) is 84.9 Å². The number of rotatable bonds is 12. The van der Waals surface area contributed by atoms with Gasteiger partial charge in [-0.3, -0.25) is 4.79 Å². The lowest BCUT2D eigenvalue weighted by Crippen LogP contribution is -2.31. The van der Waals surface area contributed by atoms with Crippen LogP contribution < -0.4 is 9.47 Å². The summed E-state index contributed by atoms with van der Waals surface area (Å²) in [7, 11) is 1.69. The molecule has 1 amide bonds. The predicted molar refractivity (Wildman–Crippen MR) is 180 cm³/mol. The molecule has 0 saturated heterocycles. The highest BCUT2D eigenvalue weighted by Crippen LogP contribution is 2.36. The molecule has 0 aromatic heterocycles. The molecular weight excluding hydrogens is 586 g/mol. The van der Waals surface area contributed by atoms with Crippen LogP contribution in [0.5, 0.6) is 11.5 Å². The van der Waals surface area contributed by atoms with Crippen molar-refractivity contribution >= 4 is 34.8 Å². The van der Waals surface area contributed by atoms with Crippen molar-refractivity contribution in [3.63, 3.8) is 0 Å². The maximum absolute atomic E-state index is 12.4. The zero-order chi connectivity index (χ0) is 32.2. The van der Waals surface area contributed by atoms with Crippen LogP contribution in [-0.2, 0) is 16.1 Å². The Morgan fingerprint density at radius 2 is 1.29 bits per heavy atom. The Morgan fingerprint density at radius 1 is 0.733 bits per heavy atom. The van der Waals surface area contributed by atoms with Gasteiger partial charge in [0.25, 0.3) is 0 Å². The van der Waals surface area contributed by atoms with Gasteiger partial charge in [0.1, 0.15) is 24.7 Å². The second-order valence-corrected chi connectivity index (χ2v) is 12.0. The van der Waals surface area contributed by atoms with E-state index in [1.54, 1.807) is 7.05 Å². The number of hydrogen-bond donors (Lipinski definition) is 0. The number of alkyl halides is 1. The molecule has 0 N–H and O–H groups in total. The molecule has 0 radical (unpaired) electrons. The first-order chi connectivity index (χ1) is 21.7. The lowest BCUT2D eigenvalue weighted by molar-refractivity contribution is -0.143. The van der Waals surface area contributed by atoms with Gasteiger partial charge >= 0.3 is 12.1 Å². The number of carbonyl (C=O) groups is 2. The average Bonchev–Trinajstić information content (AvgIpc) is 3.05. The van der Waals surface area contributed by atoms with Crippen LogP contribution in [0.4, 0.5) is 4.79 Å². The Labute approximate surface area is 271 Å². The van der Waals surface area contributed by atoms with Crippen LogP contribution in [-0.4, -0.2) is 43.0 Å². The Morgan fingerprint density at radius 3 is 1.84 bits per heavy atom. The van der Waals surface area contributed by atoms with Crippen molar-refractivity contribution in [3.8, 4) is 11.5 Å². The zero-order valence-electron chi connectivity index (χ0n) is 26.3. The molecule has 4 aromatic carbocycles. The predicted octanol–water partition coefficient (Wildman–Crippen LogP) is 8.87. The fourth-order valence-electron chi connectivity index (χ4n) is 4.55. The molecule has 0 heterocycles. The summed E-state index contributed by atoms with van der Waals surface area (Å²) in [6.07, 6.45) is 0.256. The van der Waals surface area contributed by atoms with E-state index in [2.05, 4.69) is 12.1 Å². The summed E-state index contributed by atoms with van der Waals surface area (Å²) >= 11 is 6.32. The highest BCUT2D eigenvalue weighted by Gasteiger charge is 2.24. The molecule has 7 heteroatoms. The minimum Gasteiger partial charge on any atom is -0.492 e. The molecule has 0 aliphatic rings. The molecular formula is C38H40ClNO5. The highest BCUT2D eigenvalue weighted by molar-refractivity contribution is 6.18. The van der Waals surface area contributed by atoms with Crippen molar-refractivity contribution in [1.82, 2.24) is 4.90 Å². The van der Waals surface area contributed by atoms with Gasteiger partial charge in [0.2, 0.25) is 0 Å². The van der Waals surface area contributed by atoms with Crippen molar-refractivity contribution in [2.75, 3.05) is 26.1 Å². The van der Waals surface area contributed by atoms with E-state index in [0.29, 0.717) is 37.0 Å². The SMILES string of the molecule is CN(CCOc1ccc(/C(=C(/CCCl)c2ccccc2)c2ccc(OC(=O)C(C)(C)C)cc2)cc1)C(=O)OCc1ccccc1. The Balaban J connectivity index is 1.50. The van der Waals surface area contributed by atoms with Gasteiger partial charge in [0.15, 0.2) is 0 Å². The molecule has 234 valence electrons. The van der Waals surface area contributed by atoms with Gasteiger partial charge < -0.3 is 19.1 Å². The minimum absolute atomic E-state index is 0.224. The smallest absolute Gasteiger partial charge is 0.409 e. The van der Waals surface area contributed by atoms with E-state index < -0.39 is 11.5 Å². The van der Waals surface area contributed by atoms with Crippen molar-refractivity contribution in [2.45, 2.75) is 33.8 Å². The van der Waals surface area contributed by atoms with Gasteiger partial charge in [0, 0.05) is 12.9 Å². The Bertz CT molecular complexity index is 1560. The minimum atomic E-state index is -0.602. The number of ether oxygens (including phenoxy) is 3. The number of carbonyl (C=O) groups excluding carboxylic acids is 2. The van der Waals surface area contributed by atoms with Crippen LogP contribution in [0, 0.1) is 5.41 Å². The normalized spacial score (nSPS) is 11.8. The first-order valence-electron chi connectivity index (χ1n) is 15.0. The maximum atomic E-state index is 12.4. The van der Waals surface area contributed by atoms with Gasteiger partial charge in [0.05, 0.1) is 12.0 Å². The molecule has 4 rings (SSSR count). The first-order valence-corrected chi connectivity index (χ1v) is 15.5. The number of allylic oxidation sites excluding steroid dienone is 1. The Kier molecular flexibility index (Phi) is 11.8. The van der Waals surface area contributed by atoms with Crippen molar-refractivity contribution in [1.29, 1.82) is 0 Å². The number of nitrogens with zero attached hydrogens (tertiary/aromatic N) is 1. The van der Waals surface area contributed by atoms with E-state index in [1.807, 2.05) is 118 Å². The molecule has 0 fully saturated rings. The number of benzene rings is 4. The largest absolute Gasteiger partial charge is 0.492 e. The molecule has 4 aromatic rings. The molecule has 0 unspecified atom stereocenters. The summed E-state index contributed by atoms with van der Waals surface area (Å²) in [6.45, 7) is 6.40. The fraction of sp³-hybridized carbons (Fsp3) is 0.263. The second-order valence-electron chi connectivity index (χ2n) is 11.7. The third-order valence-corrected chi connectivity index (χ3v) is 7.28. The summed E-state index contributed by atoms with van der Waals surface area (Å²) in [6, 6.07) is 35.2. The van der Waals surface area contributed by atoms with E-state index in [4.69, 9.17) is 25.8 Å². The van der Waals surface area contributed by atoms with Crippen molar-refractivity contribution in [2.24, 2.45) is 5.41 Å². The van der Waals surface area contributed by atoms with Gasteiger partial charge in [-0.1, -0.05) is 84.9 Å². The molecule has 45 heavy (non-hydrogen) atoms. The lowest BCUT2D eigenvalue weighted by Gasteiger charge is -2.19. The van der Waals surface area contributed by atoms with E-state index in [0.717, 1.165) is 33.4 Å². The van der Waals surface area contributed by atoms with Crippen molar-refractivity contribution in [3.05, 3.63) is 131 Å². The molecule has 0 spiro atoms. The molecule has 0 saturated carbocycles. The Hall–Kier alpha value is -4.55. The van der Waals surface area contributed by atoms with E-state index in [-0.39, 0.29) is 12.6 Å². The molecule has 0 bridgehead atoms. The summed E-state index contributed by atoms with van der Waals surface area (Å²) in [5.74, 6) is 1.35. The number of halogens is 1. The quantitative estimate of drug-likeness (QED) is 0.0681. The van der Waals surface area contributed by atoms with Crippen LogP contribution in [0.3, 0.4) is 0 Å². The summed E-state index contributed by atoms with van der Waals surface area (Å²) < 4.78 is 17.0. The monoisotopic (exact) mass is 625 g/mol. The van der Waals surface area contributed by atoms with Crippen molar-refractivity contribution < 1.29 is 23.8 Å². The lowest BCUT2D eigenvalue weighted by atomic mass is 9.88. The van der Waals surface area contributed by atoms with Crippen LogP contribution in [0.25, 0.3) is 11.1 Å². The molecule has 6 nitrogen and oxygen atoms in total. The average molecular weight is 626 g/mol. The van der Waals surface area contributed by atoms with Gasteiger partial charge in [-0.15, -0.1) is 11.6 Å². The number of likely N-dealkylation sites (N-methyl/N-ethyl adjacent to an activating group) is 1. The summed E-state index contributed by atoms with van der Waals surface area (Å²) in [4.78, 5) is 26.3. The summed E-state index contributed by atoms with van der Waals surface area (Å²) in [5, 5.41) is 0. The molecule has 0 aliphatic carbocycles. The molecule has 0 atom stereocenters. The van der Waals surface area contributed by atoms with E-state index >= 15 is 0 Å². The van der Waals surface area contributed by atoms with E-state index in [1.165, 1.54) is 4.90 Å². The van der Waals surface area contributed by atoms with Crippen LogP contribution >= 0.6 is 11.6 Å².